The van der Waals surface area contributed by atoms with E-state index in [-0.39, 0.29) is 18.2 Å². The lowest BCUT2D eigenvalue weighted by atomic mass is 10.1. The first-order chi connectivity index (χ1) is 7.68. The zero-order chi connectivity index (χ0) is 11.8. The number of nitrogens with zero attached hydrogens (tertiary/aromatic N) is 2. The molecular weight excluding hydrogens is 208 g/mol. The lowest BCUT2D eigenvalue weighted by Crippen LogP contribution is -2.20. The van der Waals surface area contributed by atoms with E-state index in [1.54, 1.807) is 0 Å². The molecule has 0 radical (unpaired) electrons. The maximum atomic E-state index is 11.3. The van der Waals surface area contributed by atoms with E-state index in [9.17, 15) is 9.59 Å². The van der Waals surface area contributed by atoms with E-state index in [1.165, 1.54) is 6.92 Å². The fraction of sp³-hybridized carbons (Fsp3) is 0.200. The van der Waals surface area contributed by atoms with E-state index in [0.29, 0.717) is 0 Å². The van der Waals surface area contributed by atoms with Crippen LogP contribution in [0, 0.1) is 0 Å². The van der Waals surface area contributed by atoms with Gasteiger partial charge in [-0.25, -0.2) is 10.9 Å². The summed E-state index contributed by atoms with van der Waals surface area (Å²) in [6.45, 7) is 1.30. The van der Waals surface area contributed by atoms with Gasteiger partial charge in [-0.3, -0.25) is 9.59 Å². The summed E-state index contributed by atoms with van der Waals surface area (Å²) >= 11 is 0. The molecule has 84 valence electrons. The third kappa shape index (κ3) is 4.85. The average Bonchev–Trinajstić information content (AvgIpc) is 2.25. The first-order valence-corrected chi connectivity index (χ1v) is 4.67. The van der Waals surface area contributed by atoms with Gasteiger partial charge < -0.3 is 0 Å². The third-order valence-electron chi connectivity index (χ3n) is 1.64. The molecule has 0 aliphatic rings. The second-order valence-corrected chi connectivity index (χ2v) is 3.07. The van der Waals surface area contributed by atoms with Crippen LogP contribution >= 0.6 is 0 Å². The van der Waals surface area contributed by atoms with Crippen LogP contribution in [-0.2, 0) is 16.0 Å². The van der Waals surface area contributed by atoms with Crippen LogP contribution in [0.15, 0.2) is 40.8 Å². The Balaban J connectivity index is 2.32. The molecule has 0 saturated carbocycles. The van der Waals surface area contributed by atoms with Crippen molar-refractivity contribution in [2.45, 2.75) is 13.3 Å². The highest BCUT2D eigenvalue weighted by molar-refractivity contribution is 5.78. The summed E-state index contributed by atoms with van der Waals surface area (Å²) in [5.74, 6) is -0.638. The third-order valence-corrected chi connectivity index (χ3v) is 1.64. The summed E-state index contributed by atoms with van der Waals surface area (Å²) in [5.41, 5.74) is 5.14. The summed E-state index contributed by atoms with van der Waals surface area (Å²) in [4.78, 5) is 21.7. The predicted molar refractivity (Wildman–Crippen MR) is 57.0 cm³/mol. The minimum Gasteiger partial charge on any atom is -0.273 e. The smallest absolute Gasteiger partial charge is 0.245 e. The van der Waals surface area contributed by atoms with Gasteiger partial charge in [0, 0.05) is 6.92 Å². The highest BCUT2D eigenvalue weighted by Crippen LogP contribution is 1.98. The SMILES string of the molecule is CC(=O)NN=NNC(=O)Cc1ccccc1. The number of hydrogen-bond donors (Lipinski definition) is 2. The van der Waals surface area contributed by atoms with Crippen molar-refractivity contribution in [2.75, 3.05) is 0 Å². The predicted octanol–water partition coefficient (Wildman–Crippen LogP) is 0.764. The van der Waals surface area contributed by atoms with Gasteiger partial charge in [0.2, 0.25) is 11.8 Å². The minimum absolute atomic E-state index is 0.222. The molecule has 1 aromatic carbocycles. The Labute approximate surface area is 92.7 Å². The van der Waals surface area contributed by atoms with Crippen molar-refractivity contribution in [3.05, 3.63) is 35.9 Å². The molecule has 0 spiro atoms. The molecule has 2 amide bonds. The molecule has 0 bridgehead atoms. The van der Waals surface area contributed by atoms with Crippen molar-refractivity contribution in [2.24, 2.45) is 10.4 Å². The molecule has 0 aliphatic heterocycles. The second kappa shape index (κ2) is 6.28. The molecule has 1 aromatic rings. The second-order valence-electron chi connectivity index (χ2n) is 3.07. The molecule has 0 heterocycles. The van der Waals surface area contributed by atoms with E-state index >= 15 is 0 Å². The maximum Gasteiger partial charge on any atom is 0.245 e. The van der Waals surface area contributed by atoms with Crippen LogP contribution in [0.4, 0.5) is 0 Å². The van der Waals surface area contributed by atoms with Gasteiger partial charge in [-0.2, -0.15) is 0 Å². The number of carbonyl (C=O) groups excluding carboxylic acids is 2. The van der Waals surface area contributed by atoms with Gasteiger partial charge in [-0.05, 0) is 16.0 Å². The Morgan fingerprint density at radius 1 is 1.12 bits per heavy atom. The highest BCUT2D eigenvalue weighted by Gasteiger charge is 2.00. The molecule has 1 rings (SSSR count). The van der Waals surface area contributed by atoms with Gasteiger partial charge >= 0.3 is 0 Å². The average molecular weight is 220 g/mol. The van der Waals surface area contributed by atoms with Crippen molar-refractivity contribution in [1.82, 2.24) is 10.9 Å². The summed E-state index contributed by atoms with van der Waals surface area (Å²) in [6, 6.07) is 9.25. The van der Waals surface area contributed by atoms with Crippen LogP contribution in [0.5, 0.6) is 0 Å². The highest BCUT2D eigenvalue weighted by atomic mass is 16.2. The van der Waals surface area contributed by atoms with Gasteiger partial charge in [0.15, 0.2) is 0 Å². The molecule has 0 aliphatic carbocycles. The fourth-order valence-corrected chi connectivity index (χ4v) is 0.997. The van der Waals surface area contributed by atoms with Crippen molar-refractivity contribution >= 4 is 11.8 Å². The molecule has 0 fully saturated rings. The molecule has 0 atom stereocenters. The molecule has 0 aromatic heterocycles. The van der Waals surface area contributed by atoms with Crippen LogP contribution in [0.1, 0.15) is 12.5 Å². The molecule has 16 heavy (non-hydrogen) atoms. The topological polar surface area (TPSA) is 82.9 Å². The number of nitrogens with one attached hydrogen (secondary N) is 2. The number of hydrogen-bond acceptors (Lipinski definition) is 4. The Kier molecular flexibility index (Phi) is 4.65. The fourth-order valence-electron chi connectivity index (χ4n) is 0.997. The molecule has 0 saturated heterocycles. The lowest BCUT2D eigenvalue weighted by Gasteiger charge is -1.98. The quantitative estimate of drug-likeness (QED) is 0.580. The summed E-state index contributed by atoms with van der Waals surface area (Å²) in [6.07, 6.45) is 0.222. The van der Waals surface area contributed by atoms with Crippen LogP contribution in [0.3, 0.4) is 0 Å². The van der Waals surface area contributed by atoms with Crippen molar-refractivity contribution in [3.8, 4) is 0 Å². The van der Waals surface area contributed by atoms with Crippen LogP contribution < -0.4 is 10.9 Å². The number of amides is 2. The van der Waals surface area contributed by atoms with Gasteiger partial charge in [0.1, 0.15) is 0 Å². The van der Waals surface area contributed by atoms with E-state index in [0.717, 1.165) is 5.56 Å². The summed E-state index contributed by atoms with van der Waals surface area (Å²) in [5, 5.41) is 6.55. The minimum atomic E-state index is -0.346. The summed E-state index contributed by atoms with van der Waals surface area (Å²) in [7, 11) is 0. The number of benzene rings is 1. The van der Waals surface area contributed by atoms with E-state index in [1.807, 2.05) is 30.3 Å². The first kappa shape index (κ1) is 11.8. The van der Waals surface area contributed by atoms with E-state index in [2.05, 4.69) is 21.3 Å². The van der Waals surface area contributed by atoms with Crippen LogP contribution in [-0.4, -0.2) is 11.8 Å². The monoisotopic (exact) mass is 220 g/mol. The first-order valence-electron chi connectivity index (χ1n) is 4.67. The van der Waals surface area contributed by atoms with Crippen LogP contribution in [0.25, 0.3) is 0 Å². The van der Waals surface area contributed by atoms with Gasteiger partial charge in [0.25, 0.3) is 0 Å². The Bertz CT molecular complexity index is 389. The number of carbonyl (C=O) groups is 2. The summed E-state index contributed by atoms with van der Waals surface area (Å²) < 4.78 is 0. The molecule has 0 unspecified atom stereocenters. The van der Waals surface area contributed by atoms with Crippen LogP contribution in [0.2, 0.25) is 0 Å². The van der Waals surface area contributed by atoms with Crippen molar-refractivity contribution in [3.63, 3.8) is 0 Å². The van der Waals surface area contributed by atoms with Gasteiger partial charge in [0.05, 0.1) is 6.42 Å². The molecule has 2 N–H and O–H groups in total. The zero-order valence-electron chi connectivity index (χ0n) is 8.80. The molecular formula is C10H12N4O2. The Morgan fingerprint density at radius 2 is 1.75 bits per heavy atom. The van der Waals surface area contributed by atoms with Gasteiger partial charge in [-0.15, -0.1) is 0 Å². The van der Waals surface area contributed by atoms with E-state index < -0.39 is 0 Å². The Hall–Kier alpha value is -2.24. The maximum absolute atomic E-state index is 11.3. The van der Waals surface area contributed by atoms with Crippen molar-refractivity contribution in [1.29, 1.82) is 0 Å². The molecule has 6 nitrogen and oxygen atoms in total. The van der Waals surface area contributed by atoms with E-state index in [4.69, 9.17) is 0 Å². The Morgan fingerprint density at radius 3 is 2.38 bits per heavy atom. The largest absolute Gasteiger partial charge is 0.273 e. The standard InChI is InChI=1S/C10H12N4O2/c1-8(15)11-13-14-12-10(16)7-9-5-3-2-4-6-9/h2-6H,7H2,1H3,(H,11,14,15)(H,12,13,16). The zero-order valence-corrected chi connectivity index (χ0v) is 8.80. The molecule has 6 heteroatoms. The van der Waals surface area contributed by atoms with Crippen molar-refractivity contribution < 1.29 is 9.59 Å². The van der Waals surface area contributed by atoms with Gasteiger partial charge in [-0.1, -0.05) is 30.3 Å². The number of rotatable bonds is 4. The normalized spacial score (nSPS) is 10.1. The lowest BCUT2D eigenvalue weighted by molar-refractivity contribution is -0.121.